The monoisotopic (exact) mass is 281 g/mol. The van der Waals surface area contributed by atoms with E-state index < -0.39 is 0 Å². The Morgan fingerprint density at radius 1 is 1.19 bits per heavy atom. The normalized spacial score (nSPS) is 12.6. The second-order valence-corrected chi connectivity index (χ2v) is 5.08. The molecule has 21 heavy (non-hydrogen) atoms. The minimum Gasteiger partial charge on any atom is -0.307 e. The molecule has 0 aliphatic carbocycles. The van der Waals surface area contributed by atoms with Crippen LogP contribution in [-0.4, -0.2) is 26.7 Å². The van der Waals surface area contributed by atoms with E-state index in [0.717, 1.165) is 36.4 Å². The van der Waals surface area contributed by atoms with Gasteiger partial charge in [0.2, 0.25) is 0 Å². The van der Waals surface area contributed by atoms with Crippen molar-refractivity contribution in [3.05, 3.63) is 54.2 Å². The van der Waals surface area contributed by atoms with Gasteiger partial charge in [0.15, 0.2) is 0 Å². The number of hydrogen-bond donors (Lipinski definition) is 2. The lowest BCUT2D eigenvalue weighted by Gasteiger charge is -2.15. The fourth-order valence-electron chi connectivity index (χ4n) is 2.40. The summed E-state index contributed by atoms with van der Waals surface area (Å²) in [6, 6.07) is 12.5. The van der Waals surface area contributed by atoms with Gasteiger partial charge in [0.25, 0.3) is 0 Å². The maximum absolute atomic E-state index is 4.73. The van der Waals surface area contributed by atoms with Crippen LogP contribution in [0.5, 0.6) is 0 Å². The summed E-state index contributed by atoms with van der Waals surface area (Å²) in [4.78, 5) is 9.00. The number of rotatable bonds is 6. The number of benzene rings is 1. The highest BCUT2D eigenvalue weighted by molar-refractivity contribution is 5.78. The third-order valence-corrected chi connectivity index (χ3v) is 3.47. The van der Waals surface area contributed by atoms with Crippen molar-refractivity contribution >= 4 is 10.9 Å². The Kier molecular flexibility index (Phi) is 4.21. The molecule has 3 aromatic rings. The van der Waals surface area contributed by atoms with E-state index in [1.54, 1.807) is 6.33 Å². The number of H-pyrrole nitrogens is 1. The molecule has 0 spiro atoms. The van der Waals surface area contributed by atoms with E-state index in [-0.39, 0.29) is 6.04 Å². The van der Waals surface area contributed by atoms with E-state index in [0.29, 0.717) is 0 Å². The number of aromatic amines is 1. The van der Waals surface area contributed by atoms with Gasteiger partial charge in [-0.25, -0.2) is 4.98 Å². The van der Waals surface area contributed by atoms with Crippen molar-refractivity contribution in [3.63, 3.8) is 0 Å². The molecule has 0 fully saturated rings. The second-order valence-electron chi connectivity index (χ2n) is 5.08. The molecule has 1 aromatic carbocycles. The van der Waals surface area contributed by atoms with E-state index in [4.69, 9.17) is 4.98 Å². The van der Waals surface area contributed by atoms with Gasteiger partial charge in [-0.2, -0.15) is 5.10 Å². The molecule has 1 unspecified atom stereocenters. The van der Waals surface area contributed by atoms with Crippen LogP contribution < -0.4 is 5.32 Å². The number of nitrogens with one attached hydrogen (secondary N) is 2. The fourth-order valence-corrected chi connectivity index (χ4v) is 2.40. The fraction of sp³-hybridized carbons (Fsp3) is 0.312. The summed E-state index contributed by atoms with van der Waals surface area (Å²) in [5, 5.41) is 11.6. The molecule has 0 saturated carbocycles. The van der Waals surface area contributed by atoms with Crippen LogP contribution in [0, 0.1) is 0 Å². The molecule has 0 aliphatic heterocycles. The summed E-state index contributed by atoms with van der Waals surface area (Å²) >= 11 is 0. The number of hydrogen-bond acceptors (Lipinski definition) is 4. The first-order chi connectivity index (χ1) is 10.4. The summed E-state index contributed by atoms with van der Waals surface area (Å²) in [6.07, 6.45) is 3.42. The molecule has 108 valence electrons. The molecule has 0 bridgehead atoms. The van der Waals surface area contributed by atoms with Crippen LogP contribution in [-0.2, 0) is 6.42 Å². The predicted molar refractivity (Wildman–Crippen MR) is 82.9 cm³/mol. The van der Waals surface area contributed by atoms with Crippen LogP contribution >= 0.6 is 0 Å². The smallest absolute Gasteiger partial charge is 0.141 e. The van der Waals surface area contributed by atoms with Crippen molar-refractivity contribution in [2.45, 2.75) is 25.8 Å². The highest BCUT2D eigenvalue weighted by atomic mass is 15.2. The SMILES string of the molecule is CCCNC(Cc1ccc2ccccc2n1)c1ncn[nH]1. The first-order valence-corrected chi connectivity index (χ1v) is 7.30. The first kappa shape index (κ1) is 13.7. The number of aromatic nitrogens is 4. The molecular formula is C16H19N5. The van der Waals surface area contributed by atoms with E-state index in [2.05, 4.69) is 45.6 Å². The Morgan fingerprint density at radius 3 is 2.90 bits per heavy atom. The summed E-state index contributed by atoms with van der Waals surface area (Å²) < 4.78 is 0. The maximum Gasteiger partial charge on any atom is 0.141 e. The Bertz CT molecular complexity index is 693. The van der Waals surface area contributed by atoms with Gasteiger partial charge in [-0.3, -0.25) is 10.1 Å². The molecule has 0 radical (unpaired) electrons. The quantitative estimate of drug-likeness (QED) is 0.729. The van der Waals surface area contributed by atoms with Gasteiger partial charge in [0.05, 0.1) is 11.6 Å². The van der Waals surface area contributed by atoms with Crippen LogP contribution in [0.2, 0.25) is 0 Å². The number of para-hydroxylation sites is 1. The van der Waals surface area contributed by atoms with Gasteiger partial charge in [-0.05, 0) is 25.1 Å². The van der Waals surface area contributed by atoms with Gasteiger partial charge in [0, 0.05) is 17.5 Å². The number of pyridine rings is 1. The number of fused-ring (bicyclic) bond motifs is 1. The summed E-state index contributed by atoms with van der Waals surface area (Å²) in [7, 11) is 0. The van der Waals surface area contributed by atoms with Gasteiger partial charge < -0.3 is 5.32 Å². The first-order valence-electron chi connectivity index (χ1n) is 7.30. The summed E-state index contributed by atoms with van der Waals surface area (Å²) in [6.45, 7) is 3.09. The molecule has 0 saturated heterocycles. The number of nitrogens with zero attached hydrogens (tertiary/aromatic N) is 3. The topological polar surface area (TPSA) is 66.5 Å². The van der Waals surface area contributed by atoms with Crippen LogP contribution in [0.25, 0.3) is 10.9 Å². The van der Waals surface area contributed by atoms with Crippen LogP contribution in [0.1, 0.15) is 30.9 Å². The lowest BCUT2D eigenvalue weighted by Crippen LogP contribution is -2.25. The van der Waals surface area contributed by atoms with Crippen LogP contribution in [0.4, 0.5) is 0 Å². The average molecular weight is 281 g/mol. The molecule has 0 amide bonds. The molecule has 2 heterocycles. The molecular weight excluding hydrogens is 262 g/mol. The van der Waals surface area contributed by atoms with E-state index >= 15 is 0 Å². The Morgan fingerprint density at radius 2 is 2.10 bits per heavy atom. The zero-order valence-electron chi connectivity index (χ0n) is 12.1. The minimum absolute atomic E-state index is 0.112. The lowest BCUT2D eigenvalue weighted by molar-refractivity contribution is 0.502. The van der Waals surface area contributed by atoms with Gasteiger partial charge in [-0.1, -0.05) is 31.2 Å². The van der Waals surface area contributed by atoms with Gasteiger partial charge >= 0.3 is 0 Å². The summed E-state index contributed by atoms with van der Waals surface area (Å²) in [5.41, 5.74) is 2.08. The van der Waals surface area contributed by atoms with E-state index in [1.807, 2.05) is 18.2 Å². The molecule has 2 aromatic heterocycles. The minimum atomic E-state index is 0.112. The van der Waals surface area contributed by atoms with Crippen molar-refractivity contribution in [2.24, 2.45) is 0 Å². The third kappa shape index (κ3) is 3.25. The van der Waals surface area contributed by atoms with Crippen LogP contribution in [0.3, 0.4) is 0 Å². The van der Waals surface area contributed by atoms with Crippen molar-refractivity contribution in [1.82, 2.24) is 25.5 Å². The van der Waals surface area contributed by atoms with Crippen molar-refractivity contribution in [2.75, 3.05) is 6.54 Å². The molecule has 0 aliphatic rings. The summed E-state index contributed by atoms with van der Waals surface area (Å²) in [5.74, 6) is 0.860. The van der Waals surface area contributed by atoms with E-state index in [9.17, 15) is 0 Å². The van der Waals surface area contributed by atoms with Gasteiger partial charge in [-0.15, -0.1) is 0 Å². The van der Waals surface area contributed by atoms with Crippen molar-refractivity contribution in [3.8, 4) is 0 Å². The Hall–Kier alpha value is -2.27. The zero-order chi connectivity index (χ0) is 14.5. The molecule has 5 heteroatoms. The predicted octanol–water partition coefficient (Wildman–Crippen LogP) is 2.64. The largest absolute Gasteiger partial charge is 0.307 e. The van der Waals surface area contributed by atoms with Gasteiger partial charge in [0.1, 0.15) is 12.2 Å². The average Bonchev–Trinajstić information content (AvgIpc) is 3.05. The zero-order valence-corrected chi connectivity index (χ0v) is 12.1. The van der Waals surface area contributed by atoms with Crippen molar-refractivity contribution < 1.29 is 0 Å². The standard InChI is InChI=1S/C16H19N5/c1-2-9-17-15(16-18-11-19-21-16)10-13-8-7-12-5-3-4-6-14(12)20-13/h3-8,11,15,17H,2,9-10H2,1H3,(H,18,19,21). The van der Waals surface area contributed by atoms with E-state index in [1.165, 1.54) is 5.39 Å². The highest BCUT2D eigenvalue weighted by Crippen LogP contribution is 2.17. The highest BCUT2D eigenvalue weighted by Gasteiger charge is 2.15. The Labute approximate surface area is 123 Å². The molecule has 1 atom stereocenters. The Balaban J connectivity index is 1.83. The molecule has 5 nitrogen and oxygen atoms in total. The van der Waals surface area contributed by atoms with Crippen LogP contribution in [0.15, 0.2) is 42.7 Å². The molecule has 2 N–H and O–H groups in total. The lowest BCUT2D eigenvalue weighted by atomic mass is 10.1. The molecule has 3 rings (SSSR count). The van der Waals surface area contributed by atoms with Crippen molar-refractivity contribution in [1.29, 1.82) is 0 Å². The maximum atomic E-state index is 4.73. The second kappa shape index (κ2) is 6.45. The third-order valence-electron chi connectivity index (χ3n) is 3.47.